The second-order valence-electron chi connectivity index (χ2n) is 6.58. The molecule has 0 bridgehead atoms. The van der Waals surface area contributed by atoms with Crippen molar-refractivity contribution in [1.82, 2.24) is 10.2 Å². The number of ether oxygens (including phenoxy) is 2. The smallest absolute Gasteiger partial charge is 0.228 e. The minimum absolute atomic E-state index is 0.0509. The van der Waals surface area contributed by atoms with Crippen molar-refractivity contribution in [3.05, 3.63) is 18.2 Å². The highest BCUT2D eigenvalue weighted by Gasteiger charge is 2.38. The molecule has 1 aromatic rings. The molecule has 1 N–H and O–H groups in total. The first-order valence-electron chi connectivity index (χ1n) is 8.58. The second-order valence-corrected chi connectivity index (χ2v) is 6.58. The zero-order chi connectivity index (χ0) is 18.0. The third kappa shape index (κ3) is 3.56. The summed E-state index contributed by atoms with van der Waals surface area (Å²) in [4.78, 5) is 28.8. The molecule has 2 heterocycles. The van der Waals surface area contributed by atoms with Crippen LogP contribution in [-0.4, -0.2) is 63.2 Å². The third-order valence-electron chi connectivity index (χ3n) is 4.83. The zero-order valence-electron chi connectivity index (χ0n) is 14.9. The number of carbonyl (C=O) groups excluding carboxylic acids is 2. The lowest BCUT2D eigenvalue weighted by atomic mass is 10.1. The Kier molecular flexibility index (Phi) is 5.13. The minimum Gasteiger partial charge on any atom is -0.497 e. The van der Waals surface area contributed by atoms with E-state index in [9.17, 15) is 9.59 Å². The first kappa shape index (κ1) is 17.5. The van der Waals surface area contributed by atoms with E-state index in [2.05, 4.69) is 12.2 Å². The van der Waals surface area contributed by atoms with Gasteiger partial charge < -0.3 is 24.6 Å². The second kappa shape index (κ2) is 7.31. The molecule has 2 atom stereocenters. The van der Waals surface area contributed by atoms with Gasteiger partial charge in [-0.2, -0.15) is 0 Å². The van der Waals surface area contributed by atoms with Gasteiger partial charge in [-0.25, -0.2) is 0 Å². The maximum atomic E-state index is 12.8. The molecule has 0 radical (unpaired) electrons. The van der Waals surface area contributed by atoms with Crippen molar-refractivity contribution < 1.29 is 19.1 Å². The molecule has 0 spiro atoms. The topological polar surface area (TPSA) is 71.1 Å². The van der Waals surface area contributed by atoms with Crippen molar-refractivity contribution in [2.24, 2.45) is 5.92 Å². The molecule has 1 aromatic carbocycles. The summed E-state index contributed by atoms with van der Waals surface area (Å²) in [7, 11) is 3.14. The van der Waals surface area contributed by atoms with Gasteiger partial charge in [-0.05, 0) is 19.1 Å². The molecule has 7 nitrogen and oxygen atoms in total. The average molecular weight is 347 g/mol. The van der Waals surface area contributed by atoms with Crippen LogP contribution in [0.15, 0.2) is 18.2 Å². The summed E-state index contributed by atoms with van der Waals surface area (Å²) in [5.41, 5.74) is 0.678. The van der Waals surface area contributed by atoms with Crippen molar-refractivity contribution in [2.75, 3.05) is 45.3 Å². The monoisotopic (exact) mass is 347 g/mol. The summed E-state index contributed by atoms with van der Waals surface area (Å²) in [6.45, 7) is 4.63. The van der Waals surface area contributed by atoms with Gasteiger partial charge in [0.15, 0.2) is 0 Å². The van der Waals surface area contributed by atoms with Crippen molar-refractivity contribution >= 4 is 17.5 Å². The van der Waals surface area contributed by atoms with Crippen LogP contribution < -0.4 is 19.7 Å². The fourth-order valence-electron chi connectivity index (χ4n) is 3.50. The van der Waals surface area contributed by atoms with Gasteiger partial charge in [0, 0.05) is 44.7 Å². The molecule has 2 aliphatic rings. The average Bonchev–Trinajstić information content (AvgIpc) is 3.02. The highest BCUT2D eigenvalue weighted by molar-refractivity contribution is 6.01. The molecule has 2 amide bonds. The SMILES string of the molecule is COc1ccc(N2C[C@@H](C(=O)N3CCN[C@H](C)C3)CC2=O)c(OC)c1. The Morgan fingerprint density at radius 2 is 2.04 bits per heavy atom. The number of rotatable bonds is 4. The largest absolute Gasteiger partial charge is 0.497 e. The Morgan fingerprint density at radius 3 is 2.72 bits per heavy atom. The molecule has 0 saturated carbocycles. The highest BCUT2D eigenvalue weighted by Crippen LogP contribution is 2.36. The van der Waals surface area contributed by atoms with Crippen LogP contribution in [0.1, 0.15) is 13.3 Å². The zero-order valence-corrected chi connectivity index (χ0v) is 14.9. The van der Waals surface area contributed by atoms with E-state index in [1.165, 1.54) is 0 Å². The first-order chi connectivity index (χ1) is 12.0. The van der Waals surface area contributed by atoms with E-state index in [4.69, 9.17) is 9.47 Å². The van der Waals surface area contributed by atoms with Crippen LogP contribution in [0.2, 0.25) is 0 Å². The number of carbonyl (C=O) groups is 2. The van der Waals surface area contributed by atoms with Gasteiger partial charge in [0.05, 0.1) is 25.8 Å². The molecule has 0 aromatic heterocycles. The summed E-state index contributed by atoms with van der Waals surface area (Å²) in [5.74, 6) is 0.942. The number of amides is 2. The third-order valence-corrected chi connectivity index (χ3v) is 4.83. The standard InChI is InChI=1S/C18H25N3O4/c1-12-10-20(7-6-19-12)18(23)13-8-17(22)21(11-13)15-5-4-14(24-2)9-16(15)25-3/h4-5,9,12-13,19H,6-8,10-11H2,1-3H3/t12-,13+/m1/s1. The Bertz CT molecular complexity index is 664. The molecule has 25 heavy (non-hydrogen) atoms. The summed E-state index contributed by atoms with van der Waals surface area (Å²) in [6, 6.07) is 5.62. The summed E-state index contributed by atoms with van der Waals surface area (Å²) >= 11 is 0. The van der Waals surface area contributed by atoms with Gasteiger partial charge in [-0.3, -0.25) is 9.59 Å². The summed E-state index contributed by atoms with van der Waals surface area (Å²) in [5, 5.41) is 3.33. The van der Waals surface area contributed by atoms with Crippen molar-refractivity contribution in [3.8, 4) is 11.5 Å². The number of benzene rings is 1. The molecule has 2 aliphatic heterocycles. The van der Waals surface area contributed by atoms with E-state index in [1.807, 2.05) is 4.90 Å². The van der Waals surface area contributed by atoms with Crippen LogP contribution in [-0.2, 0) is 9.59 Å². The Morgan fingerprint density at radius 1 is 1.24 bits per heavy atom. The van der Waals surface area contributed by atoms with Crippen LogP contribution in [0.3, 0.4) is 0 Å². The number of anilines is 1. The van der Waals surface area contributed by atoms with Crippen LogP contribution in [0.25, 0.3) is 0 Å². The van der Waals surface area contributed by atoms with E-state index >= 15 is 0 Å². The molecule has 7 heteroatoms. The van der Waals surface area contributed by atoms with E-state index < -0.39 is 0 Å². The first-order valence-corrected chi connectivity index (χ1v) is 8.58. The minimum atomic E-state index is -0.301. The van der Waals surface area contributed by atoms with E-state index in [0.29, 0.717) is 36.8 Å². The fraction of sp³-hybridized carbons (Fsp3) is 0.556. The number of nitrogens with one attached hydrogen (secondary N) is 1. The van der Waals surface area contributed by atoms with E-state index in [1.54, 1.807) is 37.3 Å². The predicted molar refractivity (Wildman–Crippen MR) is 94.1 cm³/mol. The van der Waals surface area contributed by atoms with Crippen molar-refractivity contribution in [2.45, 2.75) is 19.4 Å². The molecular weight excluding hydrogens is 322 g/mol. The van der Waals surface area contributed by atoms with E-state index in [-0.39, 0.29) is 30.2 Å². The number of hydrogen-bond donors (Lipinski definition) is 1. The lowest BCUT2D eigenvalue weighted by Crippen LogP contribution is -2.53. The number of piperazine rings is 1. The van der Waals surface area contributed by atoms with Crippen molar-refractivity contribution in [1.29, 1.82) is 0 Å². The van der Waals surface area contributed by atoms with Gasteiger partial charge in [0.1, 0.15) is 11.5 Å². The number of hydrogen-bond acceptors (Lipinski definition) is 5. The quantitative estimate of drug-likeness (QED) is 0.875. The van der Waals surface area contributed by atoms with Crippen LogP contribution in [0.4, 0.5) is 5.69 Å². The van der Waals surface area contributed by atoms with E-state index in [0.717, 1.165) is 6.54 Å². The molecule has 0 aliphatic carbocycles. The molecule has 2 saturated heterocycles. The van der Waals surface area contributed by atoms with Gasteiger partial charge in [-0.1, -0.05) is 0 Å². The lowest BCUT2D eigenvalue weighted by Gasteiger charge is -2.33. The molecule has 0 unspecified atom stereocenters. The Hall–Kier alpha value is -2.28. The van der Waals surface area contributed by atoms with Gasteiger partial charge in [0.25, 0.3) is 0 Å². The lowest BCUT2D eigenvalue weighted by molar-refractivity contribution is -0.136. The molecular formula is C18H25N3O4. The number of methoxy groups -OCH3 is 2. The van der Waals surface area contributed by atoms with Crippen LogP contribution in [0, 0.1) is 5.92 Å². The molecule has 2 fully saturated rings. The fourth-order valence-corrected chi connectivity index (χ4v) is 3.50. The normalized spacial score (nSPS) is 23.7. The highest BCUT2D eigenvalue weighted by atomic mass is 16.5. The Balaban J connectivity index is 1.75. The van der Waals surface area contributed by atoms with Crippen LogP contribution in [0.5, 0.6) is 11.5 Å². The van der Waals surface area contributed by atoms with Gasteiger partial charge in [0.2, 0.25) is 11.8 Å². The van der Waals surface area contributed by atoms with Gasteiger partial charge >= 0.3 is 0 Å². The van der Waals surface area contributed by atoms with Crippen LogP contribution >= 0.6 is 0 Å². The predicted octanol–water partition coefficient (Wildman–Crippen LogP) is 0.877. The number of nitrogens with zero attached hydrogens (tertiary/aromatic N) is 2. The molecule has 136 valence electrons. The van der Waals surface area contributed by atoms with Crippen molar-refractivity contribution in [3.63, 3.8) is 0 Å². The maximum absolute atomic E-state index is 12.8. The van der Waals surface area contributed by atoms with Gasteiger partial charge in [-0.15, -0.1) is 0 Å². The summed E-state index contributed by atoms with van der Waals surface area (Å²) < 4.78 is 10.6. The summed E-state index contributed by atoms with van der Waals surface area (Å²) in [6.07, 6.45) is 0.242. The maximum Gasteiger partial charge on any atom is 0.228 e. The molecule has 3 rings (SSSR count). The Labute approximate surface area is 147 Å².